The van der Waals surface area contributed by atoms with E-state index in [9.17, 15) is 28.8 Å². The molecule has 0 saturated heterocycles. The Morgan fingerprint density at radius 3 is 1.05 bits per heavy atom. The molecule has 0 unspecified atom stereocenters. The molecule has 0 aliphatic heterocycles. The predicted octanol–water partition coefficient (Wildman–Crippen LogP) is 18.9. The third kappa shape index (κ3) is 22.3. The van der Waals surface area contributed by atoms with Gasteiger partial charge in [-0.15, -0.1) is 17.0 Å². The van der Waals surface area contributed by atoms with Crippen LogP contribution in [-0.2, 0) is 0 Å². The minimum absolute atomic E-state index is 0. The molecule has 15 rings (SSSR count). The molecule has 7 aromatic heterocycles. The molecule has 111 heavy (non-hydrogen) atoms. The number of carbonyl (C=O) groups is 6. The molecule has 552 valence electrons. The van der Waals surface area contributed by atoms with Gasteiger partial charge in [0.05, 0.1) is 22.1 Å². The van der Waals surface area contributed by atoms with Crippen LogP contribution in [0.1, 0.15) is 86.0 Å². The monoisotopic (exact) mass is 1690 g/mol. The summed E-state index contributed by atoms with van der Waals surface area (Å²) in [5, 5.41) is 6.19. The second-order valence-corrected chi connectivity index (χ2v) is 37.7. The molecular weight excluding hydrogens is 1610 g/mol. The number of hydrogen-bond acceptors (Lipinski definition) is 13. The van der Waals surface area contributed by atoms with Gasteiger partial charge in [0, 0.05) is 82.6 Å². The van der Waals surface area contributed by atoms with Crippen LogP contribution in [0.2, 0.25) is 0 Å². The molecule has 0 spiro atoms. The number of benzene rings is 8. The summed E-state index contributed by atoms with van der Waals surface area (Å²) < 4.78 is 0. The number of carbonyl (C=O) groups excluding carboxylic acids is 6. The van der Waals surface area contributed by atoms with Crippen molar-refractivity contribution in [3.63, 3.8) is 0 Å². The van der Waals surface area contributed by atoms with Crippen molar-refractivity contribution in [3.8, 4) is 0 Å². The van der Waals surface area contributed by atoms with E-state index in [0.29, 0.717) is 45.0 Å². The zero-order chi connectivity index (χ0) is 77.4. The predicted molar refractivity (Wildman–Crippen MR) is 470 cm³/mol. The third-order valence-electron chi connectivity index (χ3n) is 17.5. The SMILES string of the molecule is Br.CC(=O)c1ccncc1.Cc1ccc2ccc(/C=C/C(=O)c3ccncc3)nc2c1.Cc1ccc2ccc(C=O)nc2c1.O=C(C=P(c1ccccc1)(c1ccccc1)c1ccccc1)c1ccncc1.O=C(CBr)c1ccncc1.O=C(CP(Br)(c1ccccc1)(c1ccccc1)c1ccccc1)c1ccncc1. The van der Waals surface area contributed by atoms with Gasteiger partial charge < -0.3 is 0 Å². The van der Waals surface area contributed by atoms with E-state index in [1.54, 1.807) is 141 Å². The second kappa shape index (κ2) is 41.7. The van der Waals surface area contributed by atoms with E-state index in [-0.39, 0.29) is 45.9 Å². The Hall–Kier alpha value is -11.7. The van der Waals surface area contributed by atoms with Crippen LogP contribution < -0.4 is 31.8 Å². The maximum absolute atomic E-state index is 13.6. The van der Waals surface area contributed by atoms with E-state index in [1.165, 1.54) is 12.5 Å². The van der Waals surface area contributed by atoms with E-state index in [2.05, 4.69) is 145 Å². The molecule has 18 heteroatoms. The summed E-state index contributed by atoms with van der Waals surface area (Å²) >= 11 is 7.39. The van der Waals surface area contributed by atoms with Crippen LogP contribution in [0.25, 0.3) is 27.9 Å². The Morgan fingerprint density at radius 2 is 0.694 bits per heavy atom. The summed E-state index contributed by atoms with van der Waals surface area (Å²) in [7, 11) is 0. The first kappa shape index (κ1) is 83.3. The molecule has 8 aromatic carbocycles. The second-order valence-electron chi connectivity index (χ2n) is 25.0. The summed E-state index contributed by atoms with van der Waals surface area (Å²) in [5.74, 6) is 2.18. The number of hydrogen-bond donors (Lipinski definition) is 0. The number of aromatic nitrogens is 7. The molecule has 0 atom stereocenters. The number of aldehydes is 1. The van der Waals surface area contributed by atoms with Gasteiger partial charge in [-0.2, -0.15) is 0 Å². The van der Waals surface area contributed by atoms with Gasteiger partial charge in [0.25, 0.3) is 0 Å². The first-order chi connectivity index (χ1) is 53.6. The number of fused-ring (bicyclic) bond motifs is 2. The van der Waals surface area contributed by atoms with Crippen LogP contribution in [0.15, 0.2) is 371 Å². The van der Waals surface area contributed by atoms with E-state index in [4.69, 9.17) is 0 Å². The van der Waals surface area contributed by atoms with Crippen LogP contribution in [0.3, 0.4) is 0 Å². The van der Waals surface area contributed by atoms with Crippen LogP contribution in [0, 0.1) is 13.8 Å². The number of ketones is 5. The first-order valence-electron chi connectivity index (χ1n) is 35.0. The molecule has 0 N–H and O–H groups in total. The first-order valence-corrected chi connectivity index (χ1v) is 42.4. The number of alkyl halides is 1. The van der Waals surface area contributed by atoms with Gasteiger partial charge in [0.15, 0.2) is 29.4 Å². The Bertz CT molecular complexity index is 5430. The Kier molecular flexibility index (Phi) is 31.3. The van der Waals surface area contributed by atoms with Crippen LogP contribution in [-0.4, -0.2) is 87.4 Å². The van der Waals surface area contributed by atoms with E-state index in [0.717, 1.165) is 71.2 Å². The van der Waals surface area contributed by atoms with Crippen molar-refractivity contribution < 1.29 is 28.8 Å². The molecule has 0 radical (unpaired) electrons. The number of rotatable bonds is 18. The molecule has 0 aliphatic carbocycles. The van der Waals surface area contributed by atoms with Crippen molar-refractivity contribution in [1.82, 2.24) is 34.9 Å². The van der Waals surface area contributed by atoms with Crippen LogP contribution in [0.4, 0.5) is 0 Å². The fraction of sp³-hybridized carbons (Fsp3) is 0.0538. The fourth-order valence-electron chi connectivity index (χ4n) is 11.9. The quantitative estimate of drug-likeness (QED) is 0.0259. The number of nitrogens with zero attached hydrogens (tertiary/aromatic N) is 7. The van der Waals surface area contributed by atoms with Crippen molar-refractivity contribution >= 4 is 161 Å². The molecule has 0 fully saturated rings. The van der Waals surface area contributed by atoms with Crippen LogP contribution >= 0.6 is 60.6 Å². The summed E-state index contributed by atoms with van der Waals surface area (Å²) in [5.41, 5.74) is 8.77. The zero-order valence-electron chi connectivity index (χ0n) is 61.0. The fourth-order valence-corrected chi connectivity index (χ4v) is 23.3. The van der Waals surface area contributed by atoms with E-state index < -0.39 is 12.2 Å². The van der Waals surface area contributed by atoms with Crippen molar-refractivity contribution in [2.75, 3.05) is 11.5 Å². The summed E-state index contributed by atoms with van der Waals surface area (Å²) in [4.78, 5) is 99.2. The van der Waals surface area contributed by atoms with Gasteiger partial charge in [0.2, 0.25) is 0 Å². The summed E-state index contributed by atoms with van der Waals surface area (Å²) in [6.45, 7) is 3.31. The Labute approximate surface area is 673 Å². The standard InChI is InChI=1S/C25H21BrNOP.C25H20NOP.C18H14N2O.C11H9NO.C7H6BrNO.C7H7NO.BrH/c26-29(22-10-4-1-5-11-22,23-12-6-2-7-13-23,24-14-8-3-9-15-24)20-25(28)21-16-18-27-19-17-21;27-25(21-16-18-26-19-17-21)20-28(22-10-4-1-5-11-22,23-12-6-2-7-13-23)24-14-8-3-9-15-24;1-13-2-3-14-4-5-16(20-17(14)12-13)6-7-18(21)15-8-10-19-11-9-15;1-8-2-3-9-4-5-10(7-13)12-11(9)6-8;8-5-7(10)6-1-3-9-4-2-6;1-6(9)7-2-4-8-5-3-7;/h1-19H,20H2;1-20H;2-12H,1H3;2-7H,1H3;1-4H,5H2;2-5H,1H3;1H/b;;7-6+;;;;. The Balaban J connectivity index is 0.000000161. The number of pyridine rings is 7. The molecule has 15 aromatic rings. The van der Waals surface area contributed by atoms with Crippen molar-refractivity contribution in [1.29, 1.82) is 0 Å². The van der Waals surface area contributed by atoms with Crippen LogP contribution in [0.5, 0.6) is 0 Å². The van der Waals surface area contributed by atoms with Gasteiger partial charge in [-0.25, -0.2) is 9.97 Å². The maximum atomic E-state index is 13.6. The minimum atomic E-state index is -3.24. The molecule has 0 saturated carbocycles. The summed E-state index contributed by atoms with van der Waals surface area (Å²) in [6.07, 6.45) is 20.7. The normalized spacial score (nSPS) is 10.9. The molecule has 7 heterocycles. The van der Waals surface area contributed by atoms with Gasteiger partial charge in [-0.05, 0) is 145 Å². The number of aryl methyl sites for hydroxylation is 2. The van der Waals surface area contributed by atoms with E-state index >= 15 is 0 Å². The summed E-state index contributed by atoms with van der Waals surface area (Å²) in [6, 6.07) is 99.2. The van der Waals surface area contributed by atoms with E-state index in [1.807, 2.05) is 177 Å². The molecular formula is C93H78Br3N7O6P2. The van der Waals surface area contributed by atoms with Gasteiger partial charge in [0.1, 0.15) is 5.69 Å². The zero-order valence-corrected chi connectivity index (χ0v) is 67.7. The van der Waals surface area contributed by atoms with Gasteiger partial charge in [-0.3, -0.25) is 43.9 Å². The third-order valence-corrected chi connectivity index (χ3v) is 31.4. The molecule has 0 bridgehead atoms. The number of Topliss-reactive ketones (excluding diaryl/α,β-unsaturated/α-hetero) is 4. The number of halogens is 3. The topological polar surface area (TPSA) is 193 Å². The van der Waals surface area contributed by atoms with Gasteiger partial charge >= 0.3 is 180 Å². The van der Waals surface area contributed by atoms with Crippen molar-refractivity contribution in [2.24, 2.45) is 0 Å². The van der Waals surface area contributed by atoms with Crippen molar-refractivity contribution in [2.45, 2.75) is 20.8 Å². The average molecular weight is 1690 g/mol. The Morgan fingerprint density at radius 1 is 0.378 bits per heavy atom. The van der Waals surface area contributed by atoms with Crippen molar-refractivity contribution in [3.05, 3.63) is 422 Å². The molecule has 0 aliphatic rings. The number of allylic oxidation sites excluding steroid dienone is 1. The molecule has 13 nitrogen and oxygen atoms in total. The van der Waals surface area contributed by atoms with Gasteiger partial charge in [-0.1, -0.05) is 143 Å². The molecule has 0 amide bonds. The average Bonchev–Trinajstić information content (AvgIpc) is 0.702.